The number of halogens is 1. The van der Waals surface area contributed by atoms with E-state index in [1.54, 1.807) is 6.92 Å². The van der Waals surface area contributed by atoms with Crippen LogP contribution in [-0.2, 0) is 9.53 Å². The fraction of sp³-hybridized carbons (Fsp3) is 0.857. The van der Waals surface area contributed by atoms with Crippen molar-refractivity contribution in [1.82, 2.24) is 0 Å². The van der Waals surface area contributed by atoms with Gasteiger partial charge in [0.15, 0.2) is 0 Å². The lowest BCUT2D eigenvalue weighted by Crippen LogP contribution is -2.32. The van der Waals surface area contributed by atoms with Gasteiger partial charge in [0.05, 0.1) is 6.61 Å². The van der Waals surface area contributed by atoms with Gasteiger partial charge in [0.1, 0.15) is 6.04 Å². The number of esters is 1. The van der Waals surface area contributed by atoms with Crippen LogP contribution < -0.4 is 11.5 Å². The Balaban J connectivity index is 0. The van der Waals surface area contributed by atoms with Crippen LogP contribution in [0.15, 0.2) is 0 Å². The first-order valence-corrected chi connectivity index (χ1v) is 3.84. The van der Waals surface area contributed by atoms with Crippen molar-refractivity contribution < 1.29 is 9.53 Å². The molecule has 0 saturated carbocycles. The summed E-state index contributed by atoms with van der Waals surface area (Å²) in [6.07, 6.45) is 1.37. The van der Waals surface area contributed by atoms with Crippen molar-refractivity contribution >= 4 is 18.4 Å². The van der Waals surface area contributed by atoms with Crippen molar-refractivity contribution in [3.05, 3.63) is 0 Å². The van der Waals surface area contributed by atoms with Crippen LogP contribution in [0.25, 0.3) is 0 Å². The van der Waals surface area contributed by atoms with E-state index in [1.165, 1.54) is 0 Å². The highest BCUT2D eigenvalue weighted by molar-refractivity contribution is 5.85. The predicted molar refractivity (Wildman–Crippen MR) is 50.1 cm³/mol. The molecule has 0 aromatic heterocycles. The highest BCUT2D eigenvalue weighted by Gasteiger charge is 2.12. The van der Waals surface area contributed by atoms with E-state index < -0.39 is 6.04 Å². The minimum Gasteiger partial charge on any atom is -0.465 e. The van der Waals surface area contributed by atoms with Crippen LogP contribution in [-0.4, -0.2) is 25.2 Å². The number of hydrogen-bond acceptors (Lipinski definition) is 4. The summed E-state index contributed by atoms with van der Waals surface area (Å²) >= 11 is 0. The van der Waals surface area contributed by atoms with E-state index in [4.69, 9.17) is 16.2 Å². The molecule has 0 heterocycles. The highest BCUT2D eigenvalue weighted by Crippen LogP contribution is 1.95. The van der Waals surface area contributed by atoms with E-state index in [0.717, 1.165) is 6.42 Å². The molecule has 0 aromatic rings. The Morgan fingerprint density at radius 3 is 2.58 bits per heavy atom. The Morgan fingerprint density at radius 1 is 1.58 bits per heavy atom. The molecule has 0 aromatic carbocycles. The maximum absolute atomic E-state index is 10.9. The fourth-order valence-corrected chi connectivity index (χ4v) is 0.705. The molecule has 0 aliphatic heterocycles. The maximum atomic E-state index is 10.9. The van der Waals surface area contributed by atoms with Crippen LogP contribution >= 0.6 is 12.4 Å². The molecule has 0 saturated heterocycles. The second-order valence-corrected chi connectivity index (χ2v) is 2.29. The first-order chi connectivity index (χ1) is 5.22. The van der Waals surface area contributed by atoms with E-state index >= 15 is 0 Å². The molecule has 1 atom stereocenters. The third-order valence-electron chi connectivity index (χ3n) is 1.31. The normalized spacial score (nSPS) is 11.6. The molecule has 1 unspecified atom stereocenters. The lowest BCUT2D eigenvalue weighted by Gasteiger charge is -2.08. The van der Waals surface area contributed by atoms with E-state index in [1.807, 2.05) is 0 Å². The summed E-state index contributed by atoms with van der Waals surface area (Å²) in [5.41, 5.74) is 10.7. The zero-order valence-corrected chi connectivity index (χ0v) is 8.10. The summed E-state index contributed by atoms with van der Waals surface area (Å²) in [6.45, 7) is 2.70. The molecule has 12 heavy (non-hydrogen) atoms. The van der Waals surface area contributed by atoms with Gasteiger partial charge in [-0.05, 0) is 26.3 Å². The molecule has 0 amide bonds. The molecule has 0 fully saturated rings. The molecule has 0 bridgehead atoms. The molecule has 0 rings (SSSR count). The Kier molecular flexibility index (Phi) is 10.4. The number of nitrogens with two attached hydrogens (primary N) is 2. The molecule has 74 valence electrons. The third-order valence-corrected chi connectivity index (χ3v) is 1.31. The lowest BCUT2D eigenvalue weighted by molar-refractivity contribution is -0.144. The van der Waals surface area contributed by atoms with E-state index in [2.05, 4.69) is 0 Å². The van der Waals surface area contributed by atoms with E-state index in [0.29, 0.717) is 19.6 Å². The molecular weight excluding hydrogens is 180 g/mol. The number of hydrogen-bond donors (Lipinski definition) is 2. The van der Waals surface area contributed by atoms with Crippen LogP contribution in [0.3, 0.4) is 0 Å². The zero-order chi connectivity index (χ0) is 8.69. The monoisotopic (exact) mass is 196 g/mol. The molecule has 4 N–H and O–H groups in total. The second kappa shape index (κ2) is 8.77. The lowest BCUT2D eigenvalue weighted by atomic mass is 10.2. The SMILES string of the molecule is CCOC(=O)C(N)CCCN.Cl. The fourth-order valence-electron chi connectivity index (χ4n) is 0.705. The van der Waals surface area contributed by atoms with Gasteiger partial charge >= 0.3 is 5.97 Å². The number of ether oxygens (including phenoxy) is 1. The predicted octanol–water partition coefficient (Wildman–Crippen LogP) is 0.0375. The second-order valence-electron chi connectivity index (χ2n) is 2.29. The molecule has 5 heteroatoms. The quantitative estimate of drug-likeness (QED) is 0.609. The average Bonchev–Trinajstić information content (AvgIpc) is 2.00. The maximum Gasteiger partial charge on any atom is 0.322 e. The van der Waals surface area contributed by atoms with Gasteiger partial charge in [0.25, 0.3) is 0 Å². The Bertz CT molecular complexity index is 122. The Hall–Kier alpha value is -0.320. The first kappa shape index (κ1) is 14.2. The summed E-state index contributed by atoms with van der Waals surface area (Å²) in [4.78, 5) is 10.9. The van der Waals surface area contributed by atoms with Gasteiger partial charge in [0.2, 0.25) is 0 Å². The van der Waals surface area contributed by atoms with Crippen LogP contribution in [0.4, 0.5) is 0 Å². The van der Waals surface area contributed by atoms with Crippen molar-refractivity contribution in [2.45, 2.75) is 25.8 Å². The van der Waals surface area contributed by atoms with Crippen molar-refractivity contribution in [1.29, 1.82) is 0 Å². The van der Waals surface area contributed by atoms with Gasteiger partial charge < -0.3 is 16.2 Å². The first-order valence-electron chi connectivity index (χ1n) is 3.84. The molecule has 0 spiro atoms. The van der Waals surface area contributed by atoms with Crippen molar-refractivity contribution in [3.8, 4) is 0 Å². The standard InChI is InChI=1S/C7H16N2O2.ClH/c1-2-11-7(10)6(9)4-3-5-8;/h6H,2-5,8-9H2,1H3;1H. The smallest absolute Gasteiger partial charge is 0.322 e. The van der Waals surface area contributed by atoms with Crippen LogP contribution in [0.2, 0.25) is 0 Å². The summed E-state index contributed by atoms with van der Waals surface area (Å²) in [6, 6.07) is -0.501. The summed E-state index contributed by atoms with van der Waals surface area (Å²) in [7, 11) is 0. The summed E-state index contributed by atoms with van der Waals surface area (Å²) in [5.74, 6) is -0.332. The molecular formula is C7H17ClN2O2. The van der Waals surface area contributed by atoms with Crippen molar-refractivity contribution in [2.75, 3.05) is 13.2 Å². The van der Waals surface area contributed by atoms with E-state index in [-0.39, 0.29) is 18.4 Å². The van der Waals surface area contributed by atoms with E-state index in [9.17, 15) is 4.79 Å². The van der Waals surface area contributed by atoms with Gasteiger partial charge in [-0.3, -0.25) is 4.79 Å². The summed E-state index contributed by atoms with van der Waals surface area (Å²) in [5, 5.41) is 0. The van der Waals surface area contributed by atoms with Gasteiger partial charge in [0, 0.05) is 0 Å². The van der Waals surface area contributed by atoms with Crippen LogP contribution in [0, 0.1) is 0 Å². The molecule has 0 aliphatic carbocycles. The Labute approximate surface area is 79.0 Å². The minimum atomic E-state index is -0.501. The van der Waals surface area contributed by atoms with Gasteiger partial charge in [-0.25, -0.2) is 0 Å². The van der Waals surface area contributed by atoms with Crippen molar-refractivity contribution in [2.24, 2.45) is 11.5 Å². The van der Waals surface area contributed by atoms with Gasteiger partial charge in [-0.2, -0.15) is 0 Å². The highest BCUT2D eigenvalue weighted by atomic mass is 35.5. The number of carbonyl (C=O) groups excluding carboxylic acids is 1. The number of rotatable bonds is 5. The Morgan fingerprint density at radius 2 is 2.17 bits per heavy atom. The average molecular weight is 197 g/mol. The van der Waals surface area contributed by atoms with Crippen LogP contribution in [0.5, 0.6) is 0 Å². The number of carbonyl (C=O) groups is 1. The minimum absolute atomic E-state index is 0. The van der Waals surface area contributed by atoms with Gasteiger partial charge in [-0.15, -0.1) is 12.4 Å². The topological polar surface area (TPSA) is 78.3 Å². The largest absolute Gasteiger partial charge is 0.465 e. The molecule has 0 radical (unpaired) electrons. The zero-order valence-electron chi connectivity index (χ0n) is 7.29. The molecule has 0 aliphatic rings. The molecule has 4 nitrogen and oxygen atoms in total. The third kappa shape index (κ3) is 6.39. The van der Waals surface area contributed by atoms with Crippen LogP contribution in [0.1, 0.15) is 19.8 Å². The van der Waals surface area contributed by atoms with Crippen molar-refractivity contribution in [3.63, 3.8) is 0 Å². The summed E-state index contributed by atoms with van der Waals surface area (Å²) < 4.78 is 4.70. The van der Waals surface area contributed by atoms with Gasteiger partial charge in [-0.1, -0.05) is 0 Å².